The average molecular weight is 217 g/mol. The minimum Gasteiger partial charge on any atom is -0.438 e. The Kier molecular flexibility index (Phi) is 2.98. The second-order valence-electron chi connectivity index (χ2n) is 3.18. The van der Waals surface area contributed by atoms with Crippen LogP contribution in [0.3, 0.4) is 0 Å². The van der Waals surface area contributed by atoms with Crippen LogP contribution in [-0.4, -0.2) is 15.1 Å². The molecule has 5 heteroatoms. The number of benzene rings is 1. The molecule has 0 amide bonds. The van der Waals surface area contributed by atoms with Gasteiger partial charge in [-0.05, 0) is 17.7 Å². The summed E-state index contributed by atoms with van der Waals surface area (Å²) in [5.41, 5.74) is 6.23. The number of nitrogen functional groups attached to an aromatic ring is 1. The first-order valence-corrected chi connectivity index (χ1v) is 4.73. The normalized spacial score (nSPS) is 10.1. The standard InChI is InChI=1S/C11H11N3O2/c12-10-5-14-11(6-13-10)16-9-3-1-8(7-15)2-4-9/h1-6,15H,7H2,(H2,12,13). The molecule has 0 saturated heterocycles. The lowest BCUT2D eigenvalue weighted by molar-refractivity contribution is 0.281. The van der Waals surface area contributed by atoms with Gasteiger partial charge < -0.3 is 15.6 Å². The number of nitrogens with two attached hydrogens (primary N) is 1. The monoisotopic (exact) mass is 217 g/mol. The highest BCUT2D eigenvalue weighted by Crippen LogP contribution is 2.19. The number of hydrogen-bond donors (Lipinski definition) is 2. The minimum atomic E-state index is 0.0158. The average Bonchev–Trinajstić information content (AvgIpc) is 2.33. The summed E-state index contributed by atoms with van der Waals surface area (Å²) in [5.74, 6) is 1.37. The predicted octanol–water partition coefficient (Wildman–Crippen LogP) is 1.34. The van der Waals surface area contributed by atoms with Gasteiger partial charge in [0.25, 0.3) is 0 Å². The number of hydrogen-bond acceptors (Lipinski definition) is 5. The maximum absolute atomic E-state index is 8.87. The number of aliphatic hydroxyl groups excluding tert-OH is 1. The zero-order chi connectivity index (χ0) is 11.4. The maximum Gasteiger partial charge on any atom is 0.237 e. The third kappa shape index (κ3) is 2.46. The van der Waals surface area contributed by atoms with Crippen molar-refractivity contribution in [1.29, 1.82) is 0 Å². The van der Waals surface area contributed by atoms with Crippen molar-refractivity contribution < 1.29 is 9.84 Å². The van der Waals surface area contributed by atoms with E-state index in [1.807, 2.05) is 0 Å². The Bertz CT molecular complexity index is 454. The van der Waals surface area contributed by atoms with Gasteiger partial charge in [0.15, 0.2) is 0 Å². The Morgan fingerprint density at radius 1 is 1.12 bits per heavy atom. The van der Waals surface area contributed by atoms with E-state index in [0.717, 1.165) is 5.56 Å². The van der Waals surface area contributed by atoms with Gasteiger partial charge in [-0.15, -0.1) is 0 Å². The van der Waals surface area contributed by atoms with Gasteiger partial charge in [0.1, 0.15) is 11.6 Å². The molecule has 16 heavy (non-hydrogen) atoms. The molecule has 1 aromatic heterocycles. The van der Waals surface area contributed by atoms with Gasteiger partial charge in [0.05, 0.1) is 19.0 Å². The highest BCUT2D eigenvalue weighted by atomic mass is 16.5. The van der Waals surface area contributed by atoms with Crippen molar-refractivity contribution in [2.75, 3.05) is 5.73 Å². The van der Waals surface area contributed by atoms with Crippen molar-refractivity contribution in [3.8, 4) is 11.6 Å². The predicted molar refractivity (Wildman–Crippen MR) is 58.9 cm³/mol. The van der Waals surface area contributed by atoms with Crippen LogP contribution in [-0.2, 0) is 6.61 Å². The summed E-state index contributed by atoms with van der Waals surface area (Å²) < 4.78 is 5.42. The van der Waals surface area contributed by atoms with Gasteiger partial charge in [-0.1, -0.05) is 12.1 Å². The van der Waals surface area contributed by atoms with E-state index in [-0.39, 0.29) is 6.61 Å². The lowest BCUT2D eigenvalue weighted by Gasteiger charge is -2.04. The third-order valence-corrected chi connectivity index (χ3v) is 1.98. The lowest BCUT2D eigenvalue weighted by Crippen LogP contribution is -1.93. The first-order valence-electron chi connectivity index (χ1n) is 4.73. The summed E-state index contributed by atoms with van der Waals surface area (Å²) in [6, 6.07) is 7.06. The van der Waals surface area contributed by atoms with Crippen LogP contribution in [0.15, 0.2) is 36.7 Å². The second-order valence-corrected chi connectivity index (χ2v) is 3.18. The molecule has 1 aromatic carbocycles. The van der Waals surface area contributed by atoms with Crippen LogP contribution >= 0.6 is 0 Å². The Labute approximate surface area is 92.5 Å². The molecule has 0 bridgehead atoms. The van der Waals surface area contributed by atoms with Crippen LogP contribution in [0.2, 0.25) is 0 Å². The van der Waals surface area contributed by atoms with Crippen LogP contribution < -0.4 is 10.5 Å². The van der Waals surface area contributed by atoms with Gasteiger partial charge >= 0.3 is 0 Å². The molecule has 0 aliphatic rings. The van der Waals surface area contributed by atoms with Gasteiger partial charge in [-0.25, -0.2) is 9.97 Å². The fraction of sp³-hybridized carbons (Fsp3) is 0.0909. The molecule has 82 valence electrons. The topological polar surface area (TPSA) is 81.3 Å². The smallest absolute Gasteiger partial charge is 0.237 e. The highest BCUT2D eigenvalue weighted by molar-refractivity contribution is 5.31. The van der Waals surface area contributed by atoms with Crippen LogP contribution in [0.1, 0.15) is 5.56 Å². The first kappa shape index (κ1) is 10.4. The molecule has 0 spiro atoms. The molecule has 0 fully saturated rings. The number of nitrogens with zero attached hydrogens (tertiary/aromatic N) is 2. The van der Waals surface area contributed by atoms with Gasteiger partial charge in [-0.3, -0.25) is 0 Å². The number of anilines is 1. The van der Waals surface area contributed by atoms with E-state index in [0.29, 0.717) is 17.4 Å². The van der Waals surface area contributed by atoms with Gasteiger partial charge in [0, 0.05) is 0 Å². The molecule has 0 radical (unpaired) electrons. The molecule has 0 saturated carbocycles. The van der Waals surface area contributed by atoms with Crippen molar-refractivity contribution in [3.05, 3.63) is 42.2 Å². The van der Waals surface area contributed by atoms with E-state index in [1.54, 1.807) is 24.3 Å². The van der Waals surface area contributed by atoms with Crippen LogP contribution in [0.5, 0.6) is 11.6 Å². The largest absolute Gasteiger partial charge is 0.438 e. The van der Waals surface area contributed by atoms with Gasteiger partial charge in [-0.2, -0.15) is 0 Å². The van der Waals surface area contributed by atoms with E-state index in [1.165, 1.54) is 12.4 Å². The first-order chi connectivity index (χ1) is 7.78. The molecule has 0 atom stereocenters. The van der Waals surface area contributed by atoms with Crippen molar-refractivity contribution in [1.82, 2.24) is 9.97 Å². The molecule has 0 aliphatic carbocycles. The van der Waals surface area contributed by atoms with Crippen molar-refractivity contribution in [2.45, 2.75) is 6.61 Å². The number of ether oxygens (including phenoxy) is 1. The quantitative estimate of drug-likeness (QED) is 0.810. The van der Waals surface area contributed by atoms with E-state index in [4.69, 9.17) is 15.6 Å². The Hall–Kier alpha value is -2.14. The van der Waals surface area contributed by atoms with Crippen molar-refractivity contribution >= 4 is 5.82 Å². The number of rotatable bonds is 3. The summed E-state index contributed by atoms with van der Waals surface area (Å²) >= 11 is 0. The molecule has 3 N–H and O–H groups in total. The van der Waals surface area contributed by atoms with Crippen molar-refractivity contribution in [2.24, 2.45) is 0 Å². The number of aromatic nitrogens is 2. The Morgan fingerprint density at radius 2 is 1.88 bits per heavy atom. The zero-order valence-corrected chi connectivity index (χ0v) is 8.50. The van der Waals surface area contributed by atoms with Crippen LogP contribution in [0, 0.1) is 0 Å². The molecular formula is C11H11N3O2. The Morgan fingerprint density at radius 3 is 2.44 bits per heavy atom. The molecule has 5 nitrogen and oxygen atoms in total. The summed E-state index contributed by atoms with van der Waals surface area (Å²) in [6.45, 7) is 0.0158. The highest BCUT2D eigenvalue weighted by Gasteiger charge is 1.99. The minimum absolute atomic E-state index is 0.0158. The van der Waals surface area contributed by atoms with Crippen LogP contribution in [0.25, 0.3) is 0 Å². The van der Waals surface area contributed by atoms with Gasteiger partial charge in [0.2, 0.25) is 5.88 Å². The SMILES string of the molecule is Nc1cnc(Oc2ccc(CO)cc2)cn1. The molecule has 0 aliphatic heterocycles. The third-order valence-electron chi connectivity index (χ3n) is 1.98. The second kappa shape index (κ2) is 4.59. The van der Waals surface area contributed by atoms with E-state index in [2.05, 4.69) is 9.97 Å². The Balaban J connectivity index is 2.11. The maximum atomic E-state index is 8.87. The number of aliphatic hydroxyl groups is 1. The fourth-order valence-electron chi connectivity index (χ4n) is 1.16. The van der Waals surface area contributed by atoms with E-state index >= 15 is 0 Å². The molecule has 0 unspecified atom stereocenters. The summed E-state index contributed by atoms with van der Waals surface area (Å²) in [5, 5.41) is 8.87. The zero-order valence-electron chi connectivity index (χ0n) is 8.50. The van der Waals surface area contributed by atoms with E-state index in [9.17, 15) is 0 Å². The summed E-state index contributed by atoms with van der Waals surface area (Å²) in [7, 11) is 0. The molecule has 1 heterocycles. The lowest BCUT2D eigenvalue weighted by atomic mass is 10.2. The molecule has 2 rings (SSSR count). The molecule has 2 aromatic rings. The summed E-state index contributed by atoms with van der Waals surface area (Å²) in [4.78, 5) is 7.82. The summed E-state index contributed by atoms with van der Waals surface area (Å²) in [6.07, 6.45) is 2.88. The van der Waals surface area contributed by atoms with Crippen molar-refractivity contribution in [3.63, 3.8) is 0 Å². The molecular weight excluding hydrogens is 206 g/mol. The van der Waals surface area contributed by atoms with Crippen LogP contribution in [0.4, 0.5) is 5.82 Å². The fourth-order valence-corrected chi connectivity index (χ4v) is 1.16. The van der Waals surface area contributed by atoms with E-state index < -0.39 is 0 Å².